The Balaban J connectivity index is 1.98. The number of carbonyl (C=O) groups excluding carboxylic acids is 1. The van der Waals surface area contributed by atoms with Crippen molar-refractivity contribution >= 4 is 50.5 Å². The van der Waals surface area contributed by atoms with Gasteiger partial charge in [-0.25, -0.2) is 18.6 Å². The van der Waals surface area contributed by atoms with Gasteiger partial charge in [-0.05, 0) is 36.4 Å². The van der Waals surface area contributed by atoms with Gasteiger partial charge in [0.2, 0.25) is 15.9 Å². The molecule has 0 aromatic heterocycles. The lowest BCUT2D eigenvalue weighted by Crippen LogP contribution is -2.32. The minimum absolute atomic E-state index is 0.0364. The number of benzene rings is 2. The average molecular weight is 398 g/mol. The molecule has 1 heterocycles. The molecular formula is C16H13Cl2N3O3S. The molecule has 9 heteroatoms. The Labute approximate surface area is 154 Å². The second kappa shape index (κ2) is 6.76. The zero-order chi connectivity index (χ0) is 18.2. The molecule has 0 fully saturated rings. The highest BCUT2D eigenvalue weighted by Gasteiger charge is 2.24. The number of hydrogen-bond donors (Lipinski definition) is 1. The van der Waals surface area contributed by atoms with E-state index in [0.29, 0.717) is 33.4 Å². The quantitative estimate of drug-likeness (QED) is 0.861. The van der Waals surface area contributed by atoms with Gasteiger partial charge in [-0.1, -0.05) is 29.3 Å². The van der Waals surface area contributed by atoms with Crippen LogP contribution in [0.4, 0.5) is 5.69 Å². The Morgan fingerprint density at radius 2 is 1.72 bits per heavy atom. The van der Waals surface area contributed by atoms with Crippen LogP contribution in [0.25, 0.3) is 0 Å². The fourth-order valence-electron chi connectivity index (χ4n) is 2.45. The Hall–Kier alpha value is -1.93. The normalized spacial score (nSPS) is 15.2. The summed E-state index contributed by atoms with van der Waals surface area (Å²) in [5.74, 6) is -0.197. The standard InChI is InChI=1S/C16H13Cl2N3O3S/c17-10-1-6-13(14(18)9-10)15-7-8-16(22)21(20-15)11-2-4-12(5-3-11)25(19,23)24/h1-6,9H,7-8H2,(H2,19,23,24). The Morgan fingerprint density at radius 3 is 2.32 bits per heavy atom. The number of sulfonamides is 1. The number of anilines is 1. The molecule has 2 aromatic rings. The zero-order valence-corrected chi connectivity index (χ0v) is 15.1. The fraction of sp³-hybridized carbons (Fsp3) is 0.125. The van der Waals surface area contributed by atoms with Crippen LogP contribution in [0.5, 0.6) is 0 Å². The van der Waals surface area contributed by atoms with Gasteiger partial charge in [0.25, 0.3) is 0 Å². The minimum Gasteiger partial charge on any atom is -0.273 e. The van der Waals surface area contributed by atoms with E-state index in [1.165, 1.54) is 29.3 Å². The van der Waals surface area contributed by atoms with Crippen molar-refractivity contribution in [1.29, 1.82) is 0 Å². The molecule has 130 valence electrons. The van der Waals surface area contributed by atoms with Gasteiger partial charge in [0, 0.05) is 23.4 Å². The van der Waals surface area contributed by atoms with Crippen LogP contribution in [0.15, 0.2) is 52.5 Å². The van der Waals surface area contributed by atoms with E-state index >= 15 is 0 Å². The molecule has 1 amide bonds. The van der Waals surface area contributed by atoms with Crippen molar-refractivity contribution in [1.82, 2.24) is 0 Å². The molecule has 2 N–H and O–H groups in total. The first-order chi connectivity index (χ1) is 11.8. The van der Waals surface area contributed by atoms with Crippen LogP contribution < -0.4 is 10.1 Å². The molecule has 1 aliphatic rings. The van der Waals surface area contributed by atoms with Crippen LogP contribution in [0.3, 0.4) is 0 Å². The first-order valence-corrected chi connectivity index (χ1v) is 9.54. The van der Waals surface area contributed by atoms with Crippen LogP contribution in [-0.2, 0) is 14.8 Å². The van der Waals surface area contributed by atoms with E-state index in [2.05, 4.69) is 5.10 Å². The van der Waals surface area contributed by atoms with Crippen molar-refractivity contribution in [2.75, 3.05) is 5.01 Å². The molecule has 0 spiro atoms. The van der Waals surface area contributed by atoms with E-state index < -0.39 is 10.0 Å². The first-order valence-electron chi connectivity index (χ1n) is 7.24. The lowest BCUT2D eigenvalue weighted by atomic mass is 10.0. The number of primary sulfonamides is 1. The van der Waals surface area contributed by atoms with E-state index in [1.54, 1.807) is 18.2 Å². The number of nitrogens with two attached hydrogens (primary N) is 1. The smallest absolute Gasteiger partial charge is 0.247 e. The third-order valence-electron chi connectivity index (χ3n) is 3.68. The topological polar surface area (TPSA) is 92.8 Å². The summed E-state index contributed by atoms with van der Waals surface area (Å²) in [6.45, 7) is 0. The van der Waals surface area contributed by atoms with Crippen molar-refractivity contribution in [3.63, 3.8) is 0 Å². The van der Waals surface area contributed by atoms with Crippen LogP contribution in [-0.4, -0.2) is 20.0 Å². The van der Waals surface area contributed by atoms with Gasteiger partial charge in [-0.2, -0.15) is 5.10 Å². The molecule has 3 rings (SSSR count). The highest BCUT2D eigenvalue weighted by molar-refractivity contribution is 7.89. The molecule has 1 aliphatic heterocycles. The van der Waals surface area contributed by atoms with Gasteiger partial charge >= 0.3 is 0 Å². The summed E-state index contributed by atoms with van der Waals surface area (Å²) in [5.41, 5.74) is 1.79. The third kappa shape index (κ3) is 3.85. The highest BCUT2D eigenvalue weighted by Crippen LogP contribution is 2.27. The SMILES string of the molecule is NS(=O)(=O)c1ccc(N2N=C(c3ccc(Cl)cc3Cl)CCC2=O)cc1. The van der Waals surface area contributed by atoms with E-state index in [9.17, 15) is 13.2 Å². The second-order valence-electron chi connectivity index (χ2n) is 5.42. The Morgan fingerprint density at radius 1 is 1.04 bits per heavy atom. The van der Waals surface area contributed by atoms with Gasteiger partial charge in [-0.3, -0.25) is 4.79 Å². The lowest BCUT2D eigenvalue weighted by Gasteiger charge is -2.24. The summed E-state index contributed by atoms with van der Waals surface area (Å²) < 4.78 is 22.7. The molecule has 6 nitrogen and oxygen atoms in total. The molecular weight excluding hydrogens is 385 g/mol. The predicted octanol–water partition coefficient (Wildman–Crippen LogP) is 3.17. The number of rotatable bonds is 3. The molecule has 0 radical (unpaired) electrons. The number of nitrogens with zero attached hydrogens (tertiary/aromatic N) is 2. The van der Waals surface area contributed by atoms with Crippen LogP contribution >= 0.6 is 23.2 Å². The van der Waals surface area contributed by atoms with Gasteiger partial charge in [-0.15, -0.1) is 0 Å². The van der Waals surface area contributed by atoms with E-state index in [1.807, 2.05) is 0 Å². The number of amides is 1. The van der Waals surface area contributed by atoms with E-state index in [0.717, 1.165) is 0 Å². The fourth-order valence-corrected chi connectivity index (χ4v) is 3.48. The summed E-state index contributed by atoms with van der Waals surface area (Å²) in [6, 6.07) is 10.7. The lowest BCUT2D eigenvalue weighted by molar-refractivity contribution is -0.118. The average Bonchev–Trinajstić information content (AvgIpc) is 2.55. The van der Waals surface area contributed by atoms with Crippen molar-refractivity contribution in [2.45, 2.75) is 17.7 Å². The molecule has 0 bridgehead atoms. The van der Waals surface area contributed by atoms with Gasteiger partial charge in [0.1, 0.15) is 0 Å². The minimum atomic E-state index is -3.80. The summed E-state index contributed by atoms with van der Waals surface area (Å²) in [5, 5.41) is 11.6. The van der Waals surface area contributed by atoms with Crippen molar-refractivity contribution in [3.05, 3.63) is 58.1 Å². The summed E-state index contributed by atoms with van der Waals surface area (Å²) in [7, 11) is -3.80. The van der Waals surface area contributed by atoms with E-state index in [-0.39, 0.29) is 17.2 Å². The maximum absolute atomic E-state index is 12.2. The van der Waals surface area contributed by atoms with Crippen LogP contribution in [0, 0.1) is 0 Å². The van der Waals surface area contributed by atoms with Gasteiger partial charge < -0.3 is 0 Å². The Kier molecular flexibility index (Phi) is 4.83. The predicted molar refractivity (Wildman–Crippen MR) is 97.5 cm³/mol. The first kappa shape index (κ1) is 17.9. The number of carbonyl (C=O) groups is 1. The molecule has 0 atom stereocenters. The maximum atomic E-state index is 12.2. The van der Waals surface area contributed by atoms with E-state index in [4.69, 9.17) is 28.3 Å². The highest BCUT2D eigenvalue weighted by atomic mass is 35.5. The maximum Gasteiger partial charge on any atom is 0.247 e. The third-order valence-corrected chi connectivity index (χ3v) is 5.16. The monoisotopic (exact) mass is 397 g/mol. The molecule has 0 aliphatic carbocycles. The van der Waals surface area contributed by atoms with Gasteiger partial charge in [0.15, 0.2) is 0 Å². The number of hydrogen-bond acceptors (Lipinski definition) is 4. The summed E-state index contributed by atoms with van der Waals surface area (Å²) >= 11 is 12.1. The molecule has 2 aromatic carbocycles. The number of halogens is 2. The second-order valence-corrected chi connectivity index (χ2v) is 7.82. The van der Waals surface area contributed by atoms with Crippen molar-refractivity contribution in [2.24, 2.45) is 10.2 Å². The Bertz CT molecular complexity index is 973. The summed E-state index contributed by atoms with van der Waals surface area (Å²) in [4.78, 5) is 12.2. The van der Waals surface area contributed by atoms with Crippen molar-refractivity contribution in [3.8, 4) is 0 Å². The molecule has 0 saturated carbocycles. The largest absolute Gasteiger partial charge is 0.273 e. The molecule has 0 saturated heterocycles. The summed E-state index contributed by atoms with van der Waals surface area (Å²) in [6.07, 6.45) is 0.709. The van der Waals surface area contributed by atoms with Crippen LogP contribution in [0.2, 0.25) is 10.0 Å². The van der Waals surface area contributed by atoms with Crippen molar-refractivity contribution < 1.29 is 13.2 Å². The van der Waals surface area contributed by atoms with Gasteiger partial charge in [0.05, 0.1) is 21.3 Å². The zero-order valence-electron chi connectivity index (χ0n) is 12.8. The van der Waals surface area contributed by atoms with Crippen LogP contribution in [0.1, 0.15) is 18.4 Å². The number of hydrazone groups is 1. The molecule has 0 unspecified atom stereocenters. The molecule has 25 heavy (non-hydrogen) atoms.